The molecule has 0 aliphatic rings. The molecule has 2 aromatic carbocycles. The van der Waals surface area contributed by atoms with Crippen LogP contribution in [-0.2, 0) is 12.8 Å². The molecule has 4 heteroatoms. The molecular formula is C25H28N2O2. The molecule has 1 aromatic heterocycles. The number of aryl methyl sites for hydroxylation is 1. The van der Waals surface area contributed by atoms with Crippen LogP contribution in [0.5, 0.6) is 5.75 Å². The van der Waals surface area contributed by atoms with Gasteiger partial charge in [0.25, 0.3) is 0 Å². The minimum absolute atomic E-state index is 0.370. The van der Waals surface area contributed by atoms with E-state index in [1.807, 2.05) is 48.8 Å². The SMILES string of the molecule is CCCc1cnc(-c2ccc(C(=O)Oc3ccc(CC(C)CC)cc3)cc2)nc1. The van der Waals surface area contributed by atoms with E-state index in [1.165, 1.54) is 5.56 Å². The molecule has 0 radical (unpaired) electrons. The zero-order valence-electron chi connectivity index (χ0n) is 17.4. The molecule has 0 saturated heterocycles. The van der Waals surface area contributed by atoms with Crippen molar-refractivity contribution in [3.05, 3.63) is 77.6 Å². The fourth-order valence-corrected chi connectivity index (χ4v) is 3.08. The van der Waals surface area contributed by atoms with E-state index in [-0.39, 0.29) is 5.97 Å². The highest BCUT2D eigenvalue weighted by Gasteiger charge is 2.10. The number of ether oxygens (including phenoxy) is 1. The van der Waals surface area contributed by atoms with Crippen LogP contribution in [0.3, 0.4) is 0 Å². The molecule has 0 amide bonds. The molecule has 1 unspecified atom stereocenters. The van der Waals surface area contributed by atoms with Gasteiger partial charge in [-0.15, -0.1) is 0 Å². The third kappa shape index (κ3) is 5.74. The van der Waals surface area contributed by atoms with Gasteiger partial charge in [0.05, 0.1) is 5.56 Å². The smallest absolute Gasteiger partial charge is 0.343 e. The van der Waals surface area contributed by atoms with E-state index in [0.717, 1.165) is 36.8 Å². The van der Waals surface area contributed by atoms with Gasteiger partial charge in [-0.2, -0.15) is 0 Å². The monoisotopic (exact) mass is 388 g/mol. The Morgan fingerprint density at radius 3 is 2.17 bits per heavy atom. The minimum Gasteiger partial charge on any atom is -0.423 e. The number of benzene rings is 2. The number of carbonyl (C=O) groups is 1. The predicted molar refractivity (Wildman–Crippen MR) is 116 cm³/mol. The Bertz CT molecular complexity index is 917. The zero-order valence-corrected chi connectivity index (χ0v) is 17.4. The number of esters is 1. The van der Waals surface area contributed by atoms with E-state index >= 15 is 0 Å². The number of rotatable bonds is 8. The van der Waals surface area contributed by atoms with Crippen LogP contribution >= 0.6 is 0 Å². The van der Waals surface area contributed by atoms with Gasteiger partial charge in [0.2, 0.25) is 0 Å². The lowest BCUT2D eigenvalue weighted by atomic mass is 9.99. The van der Waals surface area contributed by atoms with Gasteiger partial charge >= 0.3 is 5.97 Å². The van der Waals surface area contributed by atoms with E-state index in [4.69, 9.17) is 4.74 Å². The van der Waals surface area contributed by atoms with Gasteiger partial charge in [-0.3, -0.25) is 0 Å². The summed E-state index contributed by atoms with van der Waals surface area (Å²) in [6.07, 6.45) is 7.95. The molecule has 1 atom stereocenters. The second-order valence-corrected chi connectivity index (χ2v) is 7.49. The fraction of sp³-hybridized carbons (Fsp3) is 0.320. The van der Waals surface area contributed by atoms with Gasteiger partial charge < -0.3 is 4.74 Å². The topological polar surface area (TPSA) is 52.1 Å². The number of aromatic nitrogens is 2. The largest absolute Gasteiger partial charge is 0.423 e. The predicted octanol–water partition coefficient (Wildman–Crippen LogP) is 5.90. The molecular weight excluding hydrogens is 360 g/mol. The second kappa shape index (κ2) is 9.97. The van der Waals surface area contributed by atoms with Gasteiger partial charge in [-0.1, -0.05) is 57.9 Å². The van der Waals surface area contributed by atoms with Crippen molar-refractivity contribution in [2.45, 2.75) is 46.5 Å². The van der Waals surface area contributed by atoms with Crippen LogP contribution in [-0.4, -0.2) is 15.9 Å². The molecule has 4 nitrogen and oxygen atoms in total. The first kappa shape index (κ1) is 20.7. The number of carbonyl (C=O) groups excluding carboxylic acids is 1. The van der Waals surface area contributed by atoms with Crippen molar-refractivity contribution in [1.29, 1.82) is 0 Å². The molecule has 0 fully saturated rings. The molecule has 0 N–H and O–H groups in total. The maximum atomic E-state index is 12.4. The first-order chi connectivity index (χ1) is 14.1. The highest BCUT2D eigenvalue weighted by molar-refractivity contribution is 5.91. The first-order valence-electron chi connectivity index (χ1n) is 10.3. The third-order valence-corrected chi connectivity index (χ3v) is 5.04. The van der Waals surface area contributed by atoms with Crippen molar-refractivity contribution >= 4 is 5.97 Å². The maximum absolute atomic E-state index is 12.4. The number of hydrogen-bond acceptors (Lipinski definition) is 4. The molecule has 0 spiro atoms. The normalized spacial score (nSPS) is 11.8. The summed E-state index contributed by atoms with van der Waals surface area (Å²) in [5.74, 6) is 1.49. The van der Waals surface area contributed by atoms with Crippen molar-refractivity contribution in [1.82, 2.24) is 9.97 Å². The summed E-state index contributed by atoms with van der Waals surface area (Å²) in [6, 6.07) is 15.0. The number of hydrogen-bond donors (Lipinski definition) is 0. The summed E-state index contributed by atoms with van der Waals surface area (Å²) >= 11 is 0. The average Bonchev–Trinajstić information content (AvgIpc) is 2.76. The van der Waals surface area contributed by atoms with Crippen LogP contribution in [0, 0.1) is 5.92 Å². The second-order valence-electron chi connectivity index (χ2n) is 7.49. The molecule has 29 heavy (non-hydrogen) atoms. The van der Waals surface area contributed by atoms with Crippen molar-refractivity contribution in [3.63, 3.8) is 0 Å². The van der Waals surface area contributed by atoms with Crippen molar-refractivity contribution in [2.24, 2.45) is 5.92 Å². The van der Waals surface area contributed by atoms with Gasteiger partial charge in [0.15, 0.2) is 5.82 Å². The van der Waals surface area contributed by atoms with Crippen molar-refractivity contribution in [2.75, 3.05) is 0 Å². The molecule has 3 rings (SSSR count). The summed E-state index contributed by atoms with van der Waals surface area (Å²) in [5.41, 5.74) is 3.76. The van der Waals surface area contributed by atoms with E-state index in [2.05, 4.69) is 30.7 Å². The van der Waals surface area contributed by atoms with Crippen molar-refractivity contribution < 1.29 is 9.53 Å². The molecule has 3 aromatic rings. The van der Waals surface area contributed by atoms with Crippen molar-refractivity contribution in [3.8, 4) is 17.1 Å². The Labute approximate surface area is 173 Å². The minimum atomic E-state index is -0.370. The van der Waals surface area contributed by atoms with E-state index in [1.54, 1.807) is 12.1 Å². The molecule has 0 bridgehead atoms. The van der Waals surface area contributed by atoms with Crippen LogP contribution < -0.4 is 4.74 Å². The molecule has 150 valence electrons. The van der Waals surface area contributed by atoms with E-state index in [0.29, 0.717) is 23.1 Å². The van der Waals surface area contributed by atoms with E-state index < -0.39 is 0 Å². The molecule has 0 aliphatic heterocycles. The fourth-order valence-electron chi connectivity index (χ4n) is 3.08. The van der Waals surface area contributed by atoms with Crippen LogP contribution in [0.2, 0.25) is 0 Å². The van der Waals surface area contributed by atoms with Crippen LogP contribution in [0.1, 0.15) is 55.1 Å². The summed E-state index contributed by atoms with van der Waals surface area (Å²) in [5, 5.41) is 0. The lowest BCUT2D eigenvalue weighted by Crippen LogP contribution is -2.08. The van der Waals surface area contributed by atoms with Gasteiger partial charge in [0, 0.05) is 18.0 Å². The van der Waals surface area contributed by atoms with Crippen LogP contribution in [0.15, 0.2) is 60.9 Å². The lowest BCUT2D eigenvalue weighted by molar-refractivity contribution is 0.0734. The molecule has 0 aliphatic carbocycles. The van der Waals surface area contributed by atoms with Crippen LogP contribution in [0.4, 0.5) is 0 Å². The molecule has 1 heterocycles. The zero-order chi connectivity index (χ0) is 20.6. The lowest BCUT2D eigenvalue weighted by Gasteiger charge is -2.09. The van der Waals surface area contributed by atoms with Crippen LogP contribution in [0.25, 0.3) is 11.4 Å². The summed E-state index contributed by atoms with van der Waals surface area (Å²) in [4.78, 5) is 21.3. The Kier molecular flexibility index (Phi) is 7.12. The van der Waals surface area contributed by atoms with Gasteiger partial charge in [-0.25, -0.2) is 14.8 Å². The summed E-state index contributed by atoms with van der Waals surface area (Å²) in [6.45, 7) is 6.56. The highest BCUT2D eigenvalue weighted by atomic mass is 16.5. The standard InChI is InChI=1S/C25H28N2O2/c1-4-6-20-16-26-24(27-17-20)21-9-11-22(12-10-21)25(28)29-23-13-7-19(8-14-23)15-18(3)5-2/h7-14,16-18H,4-6,15H2,1-3H3. The maximum Gasteiger partial charge on any atom is 0.343 e. The average molecular weight is 389 g/mol. The first-order valence-corrected chi connectivity index (χ1v) is 10.3. The highest BCUT2D eigenvalue weighted by Crippen LogP contribution is 2.19. The summed E-state index contributed by atoms with van der Waals surface area (Å²) in [7, 11) is 0. The third-order valence-electron chi connectivity index (χ3n) is 5.04. The Hall–Kier alpha value is -3.01. The molecule has 0 saturated carbocycles. The summed E-state index contributed by atoms with van der Waals surface area (Å²) < 4.78 is 5.50. The van der Waals surface area contributed by atoms with Gasteiger partial charge in [-0.05, 0) is 54.2 Å². The van der Waals surface area contributed by atoms with E-state index in [9.17, 15) is 4.79 Å². The Morgan fingerprint density at radius 2 is 1.59 bits per heavy atom. The quantitative estimate of drug-likeness (QED) is 0.356. The number of nitrogens with zero attached hydrogens (tertiary/aromatic N) is 2. The Balaban J connectivity index is 1.62. The van der Waals surface area contributed by atoms with Gasteiger partial charge in [0.1, 0.15) is 5.75 Å². The Morgan fingerprint density at radius 1 is 0.931 bits per heavy atom.